The first-order chi connectivity index (χ1) is 9.68. The number of hydrogen-bond donors (Lipinski definition) is 1. The number of piperidine rings is 1. The van der Waals surface area contributed by atoms with Gasteiger partial charge in [-0.05, 0) is 62.9 Å². The van der Waals surface area contributed by atoms with Crippen LogP contribution in [0.5, 0.6) is 0 Å². The summed E-state index contributed by atoms with van der Waals surface area (Å²) in [5.41, 5.74) is 1.14. The number of halogens is 1. The summed E-state index contributed by atoms with van der Waals surface area (Å²) in [6.07, 6.45) is 7.65. The Balaban J connectivity index is 0.00000220. The Kier molecular flexibility index (Phi) is 7.68. The number of aromatic nitrogens is 1. The van der Waals surface area contributed by atoms with Crippen LogP contribution in [0.1, 0.15) is 44.2 Å². The fourth-order valence-electron chi connectivity index (χ4n) is 2.76. The lowest BCUT2D eigenvalue weighted by Crippen LogP contribution is -2.31. The number of amides is 1. The highest BCUT2D eigenvalue weighted by Gasteiger charge is 2.19. The molecule has 1 N–H and O–H groups in total. The number of rotatable bonds is 5. The number of carbonyl (C=O) groups is 1. The van der Waals surface area contributed by atoms with Gasteiger partial charge < -0.3 is 10.2 Å². The van der Waals surface area contributed by atoms with E-state index in [-0.39, 0.29) is 24.4 Å². The highest BCUT2D eigenvalue weighted by molar-refractivity contribution is 5.85. The molecule has 1 aliphatic rings. The molecule has 0 bridgehead atoms. The average molecular weight is 312 g/mol. The molecule has 1 amide bonds. The van der Waals surface area contributed by atoms with Crippen LogP contribution in [0.2, 0.25) is 0 Å². The third-order valence-electron chi connectivity index (χ3n) is 4.39. The average Bonchev–Trinajstić information content (AvgIpc) is 2.53. The van der Waals surface area contributed by atoms with Gasteiger partial charge in [-0.1, -0.05) is 0 Å². The second kappa shape index (κ2) is 9.00. The van der Waals surface area contributed by atoms with Gasteiger partial charge in [-0.2, -0.15) is 0 Å². The minimum absolute atomic E-state index is 0. The molecule has 1 saturated heterocycles. The van der Waals surface area contributed by atoms with Crippen LogP contribution in [0.3, 0.4) is 0 Å². The summed E-state index contributed by atoms with van der Waals surface area (Å²) in [6, 6.07) is 4.06. The number of nitrogens with zero attached hydrogens (tertiary/aromatic N) is 2. The van der Waals surface area contributed by atoms with Gasteiger partial charge in [0.05, 0.1) is 6.04 Å². The topological polar surface area (TPSA) is 45.2 Å². The van der Waals surface area contributed by atoms with Crippen molar-refractivity contribution in [1.82, 2.24) is 15.2 Å². The zero-order valence-electron chi connectivity index (χ0n) is 12.9. The van der Waals surface area contributed by atoms with E-state index in [1.54, 1.807) is 12.4 Å². The van der Waals surface area contributed by atoms with Crippen molar-refractivity contribution >= 4 is 18.3 Å². The second-order valence-corrected chi connectivity index (χ2v) is 5.69. The van der Waals surface area contributed by atoms with Gasteiger partial charge in [-0.15, -0.1) is 12.4 Å². The summed E-state index contributed by atoms with van der Waals surface area (Å²) >= 11 is 0. The van der Waals surface area contributed by atoms with Crippen LogP contribution in [0.15, 0.2) is 24.5 Å². The van der Waals surface area contributed by atoms with Crippen LogP contribution in [0.4, 0.5) is 0 Å². The van der Waals surface area contributed by atoms with Crippen molar-refractivity contribution in [2.24, 2.45) is 5.92 Å². The molecule has 1 aliphatic heterocycles. The molecule has 0 saturated carbocycles. The molecule has 0 aromatic carbocycles. The fourth-order valence-corrected chi connectivity index (χ4v) is 2.76. The number of hydrogen-bond acceptors (Lipinski definition) is 3. The first-order valence-electron chi connectivity index (χ1n) is 7.54. The van der Waals surface area contributed by atoms with Crippen molar-refractivity contribution in [1.29, 1.82) is 0 Å². The quantitative estimate of drug-likeness (QED) is 0.909. The predicted molar refractivity (Wildman–Crippen MR) is 87.5 cm³/mol. The van der Waals surface area contributed by atoms with Gasteiger partial charge in [0.15, 0.2) is 0 Å². The first-order valence-corrected chi connectivity index (χ1v) is 7.54. The second-order valence-electron chi connectivity index (χ2n) is 5.69. The number of carbonyl (C=O) groups excluding carboxylic acids is 1. The Morgan fingerprint density at radius 2 is 2.00 bits per heavy atom. The molecule has 2 heterocycles. The van der Waals surface area contributed by atoms with Crippen molar-refractivity contribution < 1.29 is 4.79 Å². The lowest BCUT2D eigenvalue weighted by molar-refractivity contribution is -0.132. The number of pyridine rings is 1. The summed E-state index contributed by atoms with van der Waals surface area (Å²) in [6.45, 7) is 4.27. The lowest BCUT2D eigenvalue weighted by atomic mass is 9.93. The van der Waals surface area contributed by atoms with Gasteiger partial charge in [0, 0.05) is 25.9 Å². The number of nitrogens with one attached hydrogen (secondary N) is 1. The zero-order chi connectivity index (χ0) is 14.4. The van der Waals surface area contributed by atoms with Crippen molar-refractivity contribution in [3.63, 3.8) is 0 Å². The van der Waals surface area contributed by atoms with E-state index >= 15 is 0 Å². The highest BCUT2D eigenvalue weighted by Crippen LogP contribution is 2.22. The summed E-state index contributed by atoms with van der Waals surface area (Å²) in [5.74, 6) is 0.956. The zero-order valence-corrected chi connectivity index (χ0v) is 13.7. The van der Waals surface area contributed by atoms with Crippen LogP contribution in [0.25, 0.3) is 0 Å². The molecular formula is C16H26ClN3O. The molecule has 1 atom stereocenters. The van der Waals surface area contributed by atoms with Gasteiger partial charge in [0.25, 0.3) is 0 Å². The van der Waals surface area contributed by atoms with E-state index < -0.39 is 0 Å². The van der Waals surface area contributed by atoms with Crippen molar-refractivity contribution in [3.8, 4) is 0 Å². The molecule has 2 rings (SSSR count). The maximum atomic E-state index is 12.3. The predicted octanol–water partition coefficient (Wildman–Crippen LogP) is 2.80. The Morgan fingerprint density at radius 3 is 2.62 bits per heavy atom. The fraction of sp³-hybridized carbons (Fsp3) is 0.625. The van der Waals surface area contributed by atoms with Crippen molar-refractivity contribution in [2.75, 3.05) is 20.1 Å². The van der Waals surface area contributed by atoms with Gasteiger partial charge in [0.2, 0.25) is 5.91 Å². The molecule has 21 heavy (non-hydrogen) atoms. The molecular weight excluding hydrogens is 286 g/mol. The summed E-state index contributed by atoms with van der Waals surface area (Å²) in [7, 11) is 1.90. The maximum Gasteiger partial charge on any atom is 0.222 e. The molecule has 5 heteroatoms. The van der Waals surface area contributed by atoms with Crippen molar-refractivity contribution in [3.05, 3.63) is 30.1 Å². The van der Waals surface area contributed by atoms with Crippen LogP contribution in [-0.2, 0) is 4.79 Å². The Morgan fingerprint density at radius 1 is 1.38 bits per heavy atom. The van der Waals surface area contributed by atoms with Gasteiger partial charge in [-0.3, -0.25) is 9.78 Å². The summed E-state index contributed by atoms with van der Waals surface area (Å²) in [5, 5.41) is 3.36. The van der Waals surface area contributed by atoms with Gasteiger partial charge in [0.1, 0.15) is 0 Å². The van der Waals surface area contributed by atoms with E-state index in [1.807, 2.05) is 24.1 Å². The molecule has 1 fully saturated rings. The van der Waals surface area contributed by atoms with Gasteiger partial charge >= 0.3 is 0 Å². The van der Waals surface area contributed by atoms with E-state index in [0.717, 1.165) is 25.1 Å². The minimum atomic E-state index is 0. The van der Waals surface area contributed by atoms with Crippen LogP contribution in [0, 0.1) is 5.92 Å². The van der Waals surface area contributed by atoms with E-state index in [4.69, 9.17) is 0 Å². The lowest BCUT2D eigenvalue weighted by Gasteiger charge is -2.27. The Labute approximate surface area is 133 Å². The smallest absolute Gasteiger partial charge is 0.222 e. The molecule has 0 radical (unpaired) electrons. The van der Waals surface area contributed by atoms with E-state index in [1.165, 1.54) is 12.8 Å². The largest absolute Gasteiger partial charge is 0.339 e. The van der Waals surface area contributed by atoms with E-state index in [9.17, 15) is 4.79 Å². The highest BCUT2D eigenvalue weighted by atomic mass is 35.5. The summed E-state index contributed by atoms with van der Waals surface area (Å²) in [4.78, 5) is 18.2. The summed E-state index contributed by atoms with van der Waals surface area (Å²) < 4.78 is 0. The monoisotopic (exact) mass is 311 g/mol. The minimum Gasteiger partial charge on any atom is -0.339 e. The Bertz CT molecular complexity index is 421. The van der Waals surface area contributed by atoms with Crippen LogP contribution in [-0.4, -0.2) is 35.9 Å². The van der Waals surface area contributed by atoms with E-state index in [0.29, 0.717) is 12.3 Å². The third kappa shape index (κ3) is 5.29. The normalized spacial score (nSPS) is 16.9. The molecule has 1 unspecified atom stereocenters. The molecule has 0 aliphatic carbocycles. The maximum absolute atomic E-state index is 12.3. The third-order valence-corrected chi connectivity index (χ3v) is 4.39. The molecule has 1 aromatic rings. The standard InChI is InChI=1S/C16H25N3O.ClH/c1-13(15-7-11-18-12-8-15)19(2)16(20)4-3-14-5-9-17-10-6-14;/h7-8,11-14,17H,3-6,9-10H2,1-2H3;1H. The first kappa shape index (κ1) is 17.9. The van der Waals surface area contributed by atoms with Crippen LogP contribution < -0.4 is 5.32 Å². The molecule has 1 aromatic heterocycles. The molecule has 4 nitrogen and oxygen atoms in total. The van der Waals surface area contributed by atoms with Gasteiger partial charge in [-0.25, -0.2) is 0 Å². The van der Waals surface area contributed by atoms with Crippen LogP contribution >= 0.6 is 12.4 Å². The molecule has 118 valence electrons. The SMILES string of the molecule is CC(c1ccncc1)N(C)C(=O)CCC1CCNCC1.Cl. The Hall–Kier alpha value is -1.13. The van der Waals surface area contributed by atoms with Crippen molar-refractivity contribution in [2.45, 2.75) is 38.6 Å². The van der Waals surface area contributed by atoms with E-state index in [2.05, 4.69) is 17.2 Å². The molecule has 0 spiro atoms.